The molecule has 3 rings (SSSR count). The van der Waals surface area contributed by atoms with E-state index in [0.29, 0.717) is 13.2 Å². The minimum absolute atomic E-state index is 0.475. The highest BCUT2D eigenvalue weighted by molar-refractivity contribution is 5.20. The van der Waals surface area contributed by atoms with E-state index < -0.39 is 0 Å². The summed E-state index contributed by atoms with van der Waals surface area (Å²) in [5.74, 6) is 2.83. The Kier molecular flexibility index (Phi) is 4.88. The highest BCUT2D eigenvalue weighted by atomic mass is 16.5. The van der Waals surface area contributed by atoms with E-state index >= 15 is 0 Å². The van der Waals surface area contributed by atoms with E-state index in [1.165, 1.54) is 5.56 Å². The average molecular weight is 317 g/mol. The SMILES string of the molecule is C=CCOCc1nnc2n1CCN(Cc1c(C)noc1C)CC2. The molecule has 2 aromatic rings. The quantitative estimate of drug-likeness (QED) is 0.596. The Balaban J connectivity index is 1.64. The molecular formula is C16H23N5O2. The zero-order chi connectivity index (χ0) is 16.2. The van der Waals surface area contributed by atoms with E-state index in [1.54, 1.807) is 6.08 Å². The third kappa shape index (κ3) is 3.51. The van der Waals surface area contributed by atoms with E-state index in [9.17, 15) is 0 Å². The standard InChI is InChI=1S/C16H23N5O2/c1-4-9-22-11-16-18-17-15-5-6-20(7-8-21(15)16)10-14-12(2)19-23-13(14)3/h4H,1,5-11H2,2-3H3. The maximum Gasteiger partial charge on any atom is 0.159 e. The lowest BCUT2D eigenvalue weighted by molar-refractivity contribution is 0.139. The van der Waals surface area contributed by atoms with Crippen molar-refractivity contribution in [3.05, 3.63) is 41.3 Å². The van der Waals surface area contributed by atoms with Gasteiger partial charge in [-0.1, -0.05) is 11.2 Å². The first-order valence-corrected chi connectivity index (χ1v) is 7.92. The summed E-state index contributed by atoms with van der Waals surface area (Å²) in [6.07, 6.45) is 2.63. The molecule has 1 aliphatic heterocycles. The molecule has 1 aliphatic rings. The third-order valence-corrected chi connectivity index (χ3v) is 4.23. The predicted octanol–water partition coefficient (Wildman–Crippen LogP) is 1.64. The van der Waals surface area contributed by atoms with Crippen LogP contribution in [-0.4, -0.2) is 44.5 Å². The van der Waals surface area contributed by atoms with Gasteiger partial charge in [0.15, 0.2) is 5.82 Å². The molecule has 0 fully saturated rings. The molecule has 0 aliphatic carbocycles. The van der Waals surface area contributed by atoms with Crippen molar-refractivity contribution in [3.63, 3.8) is 0 Å². The van der Waals surface area contributed by atoms with Crippen LogP contribution in [0.2, 0.25) is 0 Å². The Morgan fingerprint density at radius 1 is 1.26 bits per heavy atom. The number of fused-ring (bicyclic) bond motifs is 1. The first-order valence-electron chi connectivity index (χ1n) is 7.92. The molecule has 7 nitrogen and oxygen atoms in total. The summed E-state index contributed by atoms with van der Waals surface area (Å²) in [6.45, 7) is 12.3. The zero-order valence-electron chi connectivity index (χ0n) is 13.8. The molecule has 0 N–H and O–H groups in total. The smallest absolute Gasteiger partial charge is 0.159 e. The summed E-state index contributed by atoms with van der Waals surface area (Å²) in [7, 11) is 0. The molecule has 7 heteroatoms. The molecule has 0 saturated carbocycles. The molecule has 0 aromatic carbocycles. The largest absolute Gasteiger partial charge is 0.369 e. The lowest BCUT2D eigenvalue weighted by atomic mass is 10.2. The zero-order valence-corrected chi connectivity index (χ0v) is 13.8. The molecule has 0 bridgehead atoms. The number of ether oxygens (including phenoxy) is 1. The Labute approximate surface area is 135 Å². The van der Waals surface area contributed by atoms with Crippen molar-refractivity contribution in [2.24, 2.45) is 0 Å². The maximum atomic E-state index is 5.50. The van der Waals surface area contributed by atoms with E-state index in [2.05, 4.69) is 31.4 Å². The van der Waals surface area contributed by atoms with Gasteiger partial charge in [0.2, 0.25) is 0 Å². The summed E-state index contributed by atoms with van der Waals surface area (Å²) in [6, 6.07) is 0. The van der Waals surface area contributed by atoms with Crippen molar-refractivity contribution >= 4 is 0 Å². The number of nitrogens with zero attached hydrogens (tertiary/aromatic N) is 5. The Morgan fingerprint density at radius 2 is 2.13 bits per heavy atom. The van der Waals surface area contributed by atoms with Gasteiger partial charge in [0, 0.05) is 38.2 Å². The van der Waals surface area contributed by atoms with Crippen LogP contribution in [0.3, 0.4) is 0 Å². The van der Waals surface area contributed by atoms with Crippen molar-refractivity contribution < 1.29 is 9.26 Å². The highest BCUT2D eigenvalue weighted by Gasteiger charge is 2.20. The molecule has 0 radical (unpaired) electrons. The molecular weight excluding hydrogens is 294 g/mol. The van der Waals surface area contributed by atoms with Crippen LogP contribution in [0.5, 0.6) is 0 Å². The number of hydrogen-bond acceptors (Lipinski definition) is 6. The van der Waals surface area contributed by atoms with Crippen molar-refractivity contribution in [1.29, 1.82) is 0 Å². The van der Waals surface area contributed by atoms with Crippen LogP contribution in [0.1, 0.15) is 28.7 Å². The van der Waals surface area contributed by atoms with Gasteiger partial charge in [0.05, 0.1) is 12.3 Å². The number of aromatic nitrogens is 4. The minimum atomic E-state index is 0.475. The lowest BCUT2D eigenvalue weighted by Crippen LogP contribution is -2.27. The summed E-state index contributed by atoms with van der Waals surface area (Å²) in [5, 5.41) is 12.6. The molecule has 0 spiro atoms. The monoisotopic (exact) mass is 317 g/mol. The number of hydrogen-bond donors (Lipinski definition) is 0. The van der Waals surface area contributed by atoms with Crippen molar-refractivity contribution in [1.82, 2.24) is 24.8 Å². The average Bonchev–Trinajstić information content (AvgIpc) is 2.99. The Bertz CT molecular complexity index is 657. The van der Waals surface area contributed by atoms with Gasteiger partial charge in [-0.3, -0.25) is 4.90 Å². The summed E-state index contributed by atoms with van der Waals surface area (Å²) in [4.78, 5) is 2.41. The summed E-state index contributed by atoms with van der Waals surface area (Å²) in [5.41, 5.74) is 2.17. The summed E-state index contributed by atoms with van der Waals surface area (Å²) < 4.78 is 12.9. The van der Waals surface area contributed by atoms with Crippen molar-refractivity contribution in [3.8, 4) is 0 Å². The second kappa shape index (κ2) is 7.06. The van der Waals surface area contributed by atoms with Gasteiger partial charge in [-0.05, 0) is 13.8 Å². The van der Waals surface area contributed by atoms with Gasteiger partial charge in [-0.15, -0.1) is 16.8 Å². The topological polar surface area (TPSA) is 69.2 Å². The van der Waals surface area contributed by atoms with E-state index in [1.807, 2.05) is 13.8 Å². The highest BCUT2D eigenvalue weighted by Crippen LogP contribution is 2.17. The van der Waals surface area contributed by atoms with Crippen LogP contribution in [0.15, 0.2) is 17.2 Å². The number of aryl methyl sites for hydroxylation is 2. The number of rotatable bonds is 6. The van der Waals surface area contributed by atoms with Crippen LogP contribution in [0.25, 0.3) is 0 Å². The Hall–Kier alpha value is -1.99. The van der Waals surface area contributed by atoms with Gasteiger partial charge in [0.25, 0.3) is 0 Å². The normalized spacial score (nSPS) is 15.4. The molecule has 0 atom stereocenters. The van der Waals surface area contributed by atoms with Gasteiger partial charge in [-0.2, -0.15) is 0 Å². The molecule has 3 heterocycles. The van der Waals surface area contributed by atoms with Crippen molar-refractivity contribution in [2.75, 3.05) is 19.7 Å². The van der Waals surface area contributed by atoms with Crippen LogP contribution < -0.4 is 0 Å². The van der Waals surface area contributed by atoms with Crippen LogP contribution in [0.4, 0.5) is 0 Å². The second-order valence-electron chi connectivity index (χ2n) is 5.82. The fraction of sp³-hybridized carbons (Fsp3) is 0.562. The fourth-order valence-electron chi connectivity index (χ4n) is 2.88. The van der Waals surface area contributed by atoms with Crippen LogP contribution in [0, 0.1) is 13.8 Å². The van der Waals surface area contributed by atoms with E-state index in [0.717, 1.165) is 55.7 Å². The molecule has 2 aromatic heterocycles. The van der Waals surface area contributed by atoms with E-state index in [4.69, 9.17) is 9.26 Å². The molecule has 0 amide bonds. The minimum Gasteiger partial charge on any atom is -0.369 e. The Morgan fingerprint density at radius 3 is 2.87 bits per heavy atom. The third-order valence-electron chi connectivity index (χ3n) is 4.23. The van der Waals surface area contributed by atoms with E-state index in [-0.39, 0.29) is 0 Å². The molecule has 0 saturated heterocycles. The molecule has 124 valence electrons. The lowest BCUT2D eigenvalue weighted by Gasteiger charge is -2.19. The molecule has 23 heavy (non-hydrogen) atoms. The summed E-state index contributed by atoms with van der Waals surface area (Å²) >= 11 is 0. The van der Waals surface area contributed by atoms with Gasteiger partial charge >= 0.3 is 0 Å². The predicted molar refractivity (Wildman–Crippen MR) is 84.8 cm³/mol. The second-order valence-corrected chi connectivity index (χ2v) is 5.82. The van der Waals surface area contributed by atoms with Crippen LogP contribution >= 0.6 is 0 Å². The van der Waals surface area contributed by atoms with Gasteiger partial charge < -0.3 is 13.8 Å². The maximum absolute atomic E-state index is 5.50. The first-order chi connectivity index (χ1) is 11.2. The fourth-order valence-corrected chi connectivity index (χ4v) is 2.88. The van der Waals surface area contributed by atoms with Gasteiger partial charge in [0.1, 0.15) is 18.2 Å². The molecule has 0 unspecified atom stereocenters. The van der Waals surface area contributed by atoms with Crippen LogP contribution in [-0.2, 0) is 30.9 Å². The first kappa shape index (κ1) is 15.9. The van der Waals surface area contributed by atoms with Gasteiger partial charge in [-0.25, -0.2) is 0 Å². The van der Waals surface area contributed by atoms with Crippen molar-refractivity contribution in [2.45, 2.75) is 40.0 Å².